The lowest BCUT2D eigenvalue weighted by Gasteiger charge is -2.09. The van der Waals surface area contributed by atoms with Gasteiger partial charge in [-0.05, 0) is 31.7 Å². The number of nitrogens with two attached hydrogens (primary N) is 1. The molecule has 0 radical (unpaired) electrons. The molecule has 1 rings (SSSR count). The lowest BCUT2D eigenvalue weighted by molar-refractivity contribution is -0.385. The van der Waals surface area contributed by atoms with Crippen LogP contribution in [0.15, 0.2) is 18.2 Å². The summed E-state index contributed by atoms with van der Waals surface area (Å²) in [6.45, 7) is 2.04. The Balaban J connectivity index is 2.45. The van der Waals surface area contributed by atoms with Crippen LogP contribution in [-0.2, 0) is 10.0 Å². The molecule has 0 saturated heterocycles. The van der Waals surface area contributed by atoms with Crippen LogP contribution in [0.3, 0.4) is 0 Å². The second kappa shape index (κ2) is 7.20. The van der Waals surface area contributed by atoms with Gasteiger partial charge < -0.3 is 4.74 Å². The SMILES string of the molecule is Cc1cccc([N+](=O)[O-])c1OCCCCCS(N)(=O)=O. The van der Waals surface area contributed by atoms with Crippen LogP contribution in [0.1, 0.15) is 24.8 Å². The summed E-state index contributed by atoms with van der Waals surface area (Å²) >= 11 is 0. The van der Waals surface area contributed by atoms with Crippen LogP contribution >= 0.6 is 0 Å². The summed E-state index contributed by atoms with van der Waals surface area (Å²) < 4.78 is 26.9. The number of benzene rings is 1. The molecule has 7 nitrogen and oxygen atoms in total. The van der Waals surface area contributed by atoms with E-state index in [4.69, 9.17) is 9.88 Å². The number of sulfonamides is 1. The van der Waals surface area contributed by atoms with Gasteiger partial charge in [-0.3, -0.25) is 10.1 Å². The lowest BCUT2D eigenvalue weighted by Crippen LogP contribution is -2.16. The molecule has 112 valence electrons. The van der Waals surface area contributed by atoms with Gasteiger partial charge in [-0.1, -0.05) is 12.1 Å². The van der Waals surface area contributed by atoms with E-state index in [1.807, 2.05) is 0 Å². The summed E-state index contributed by atoms with van der Waals surface area (Å²) in [4.78, 5) is 10.4. The summed E-state index contributed by atoms with van der Waals surface area (Å²) in [5.41, 5.74) is 0.637. The summed E-state index contributed by atoms with van der Waals surface area (Å²) in [6, 6.07) is 4.74. The fourth-order valence-electron chi connectivity index (χ4n) is 1.72. The molecule has 0 aromatic heterocycles. The van der Waals surface area contributed by atoms with Gasteiger partial charge in [-0.15, -0.1) is 0 Å². The third-order valence-corrected chi connectivity index (χ3v) is 3.57. The summed E-state index contributed by atoms with van der Waals surface area (Å²) in [6.07, 6.45) is 1.70. The van der Waals surface area contributed by atoms with Crippen LogP contribution in [-0.4, -0.2) is 25.7 Å². The summed E-state index contributed by atoms with van der Waals surface area (Å²) in [5, 5.41) is 15.7. The average Bonchev–Trinajstić information content (AvgIpc) is 2.33. The van der Waals surface area contributed by atoms with Crippen LogP contribution < -0.4 is 9.88 Å². The Morgan fingerprint density at radius 1 is 1.30 bits per heavy atom. The third-order valence-electron chi connectivity index (χ3n) is 2.71. The van der Waals surface area contributed by atoms with Crippen molar-refractivity contribution in [3.05, 3.63) is 33.9 Å². The highest BCUT2D eigenvalue weighted by molar-refractivity contribution is 7.89. The van der Waals surface area contributed by atoms with Crippen LogP contribution in [0.5, 0.6) is 5.75 Å². The first-order valence-electron chi connectivity index (χ1n) is 6.18. The third kappa shape index (κ3) is 5.54. The Labute approximate surface area is 117 Å². The van der Waals surface area contributed by atoms with E-state index < -0.39 is 14.9 Å². The Hall–Kier alpha value is -1.67. The topological polar surface area (TPSA) is 113 Å². The minimum atomic E-state index is -3.42. The van der Waals surface area contributed by atoms with E-state index in [0.29, 0.717) is 31.4 Å². The molecular weight excluding hydrogens is 284 g/mol. The highest BCUT2D eigenvalue weighted by Crippen LogP contribution is 2.30. The Bertz CT molecular complexity index is 571. The summed E-state index contributed by atoms with van der Waals surface area (Å²) in [5.74, 6) is 0.210. The van der Waals surface area contributed by atoms with Crippen molar-refractivity contribution in [1.29, 1.82) is 0 Å². The van der Waals surface area contributed by atoms with Gasteiger partial charge in [0.2, 0.25) is 10.0 Å². The van der Waals surface area contributed by atoms with E-state index in [0.717, 1.165) is 0 Å². The smallest absolute Gasteiger partial charge is 0.311 e. The van der Waals surface area contributed by atoms with Crippen molar-refractivity contribution in [2.45, 2.75) is 26.2 Å². The number of nitro groups is 1. The largest absolute Gasteiger partial charge is 0.487 e. The Morgan fingerprint density at radius 3 is 2.60 bits per heavy atom. The normalized spacial score (nSPS) is 11.3. The number of unbranched alkanes of at least 4 members (excludes halogenated alkanes) is 2. The quantitative estimate of drug-likeness (QED) is 0.446. The van der Waals surface area contributed by atoms with Crippen molar-refractivity contribution in [2.75, 3.05) is 12.4 Å². The van der Waals surface area contributed by atoms with E-state index in [-0.39, 0.29) is 17.2 Å². The van der Waals surface area contributed by atoms with Crippen LogP contribution in [0.2, 0.25) is 0 Å². The zero-order valence-corrected chi connectivity index (χ0v) is 12.1. The molecule has 0 aliphatic rings. The zero-order valence-electron chi connectivity index (χ0n) is 11.2. The molecule has 0 bridgehead atoms. The van der Waals surface area contributed by atoms with E-state index >= 15 is 0 Å². The van der Waals surface area contributed by atoms with Gasteiger partial charge in [0.15, 0.2) is 5.75 Å². The van der Waals surface area contributed by atoms with Gasteiger partial charge in [0.1, 0.15) is 0 Å². The number of hydrogen-bond acceptors (Lipinski definition) is 5. The van der Waals surface area contributed by atoms with Crippen molar-refractivity contribution >= 4 is 15.7 Å². The number of ether oxygens (including phenoxy) is 1. The zero-order chi connectivity index (χ0) is 15.2. The first kappa shape index (κ1) is 16.4. The highest BCUT2D eigenvalue weighted by atomic mass is 32.2. The number of aryl methyl sites for hydroxylation is 1. The number of rotatable bonds is 8. The number of nitro benzene ring substituents is 1. The Morgan fingerprint density at radius 2 is 2.00 bits per heavy atom. The van der Waals surface area contributed by atoms with Crippen molar-refractivity contribution in [3.8, 4) is 5.75 Å². The maximum Gasteiger partial charge on any atom is 0.311 e. The van der Waals surface area contributed by atoms with E-state index in [9.17, 15) is 18.5 Å². The molecule has 1 aromatic carbocycles. The molecule has 0 fully saturated rings. The number of para-hydroxylation sites is 1. The minimum Gasteiger partial charge on any atom is -0.487 e. The summed E-state index contributed by atoms with van der Waals surface area (Å²) in [7, 11) is -3.42. The molecule has 2 N–H and O–H groups in total. The fraction of sp³-hybridized carbons (Fsp3) is 0.500. The standard InChI is InChI=1S/C12H18N2O5S/c1-10-6-5-7-11(14(15)16)12(10)19-8-3-2-4-9-20(13,17)18/h5-7H,2-4,8-9H2,1H3,(H2,13,17,18). The molecule has 0 aliphatic heterocycles. The van der Waals surface area contributed by atoms with E-state index in [1.165, 1.54) is 6.07 Å². The van der Waals surface area contributed by atoms with Crippen LogP contribution in [0.25, 0.3) is 0 Å². The molecule has 0 aliphatic carbocycles. The number of nitrogens with zero attached hydrogens (tertiary/aromatic N) is 1. The molecular formula is C12H18N2O5S. The van der Waals surface area contributed by atoms with Gasteiger partial charge >= 0.3 is 5.69 Å². The predicted octanol–water partition coefficient (Wildman–Crippen LogP) is 1.74. The fourth-order valence-corrected chi connectivity index (χ4v) is 2.33. The van der Waals surface area contributed by atoms with Crippen molar-refractivity contribution in [1.82, 2.24) is 0 Å². The maximum atomic E-state index is 10.9. The second-order valence-corrected chi connectivity index (χ2v) is 6.19. The van der Waals surface area contributed by atoms with Gasteiger partial charge in [0.05, 0.1) is 17.3 Å². The number of hydrogen-bond donors (Lipinski definition) is 1. The first-order valence-corrected chi connectivity index (χ1v) is 7.90. The van der Waals surface area contributed by atoms with E-state index in [1.54, 1.807) is 19.1 Å². The Kier molecular flexibility index (Phi) is 5.90. The minimum absolute atomic E-state index is 0.0580. The van der Waals surface area contributed by atoms with Crippen molar-refractivity contribution < 1.29 is 18.1 Å². The molecule has 20 heavy (non-hydrogen) atoms. The molecule has 0 heterocycles. The van der Waals surface area contributed by atoms with Crippen molar-refractivity contribution in [3.63, 3.8) is 0 Å². The predicted molar refractivity (Wildman–Crippen MR) is 75.2 cm³/mol. The van der Waals surface area contributed by atoms with Gasteiger partial charge in [-0.25, -0.2) is 13.6 Å². The lowest BCUT2D eigenvalue weighted by atomic mass is 10.2. The van der Waals surface area contributed by atoms with Crippen LogP contribution in [0, 0.1) is 17.0 Å². The first-order chi connectivity index (χ1) is 9.31. The van der Waals surface area contributed by atoms with Gasteiger partial charge in [0.25, 0.3) is 0 Å². The second-order valence-electron chi connectivity index (χ2n) is 4.46. The van der Waals surface area contributed by atoms with Gasteiger partial charge in [-0.2, -0.15) is 0 Å². The molecule has 1 aromatic rings. The van der Waals surface area contributed by atoms with Crippen molar-refractivity contribution in [2.24, 2.45) is 5.14 Å². The average molecular weight is 302 g/mol. The molecule has 8 heteroatoms. The van der Waals surface area contributed by atoms with Gasteiger partial charge in [0, 0.05) is 6.07 Å². The molecule has 0 unspecified atom stereocenters. The van der Waals surface area contributed by atoms with E-state index in [2.05, 4.69) is 0 Å². The molecule has 0 amide bonds. The molecule has 0 spiro atoms. The molecule has 0 saturated carbocycles. The molecule has 0 atom stereocenters. The number of primary sulfonamides is 1. The highest BCUT2D eigenvalue weighted by Gasteiger charge is 2.16. The maximum absolute atomic E-state index is 10.9. The van der Waals surface area contributed by atoms with Crippen LogP contribution in [0.4, 0.5) is 5.69 Å². The monoisotopic (exact) mass is 302 g/mol.